The Balaban J connectivity index is 1.46. The van der Waals surface area contributed by atoms with Gasteiger partial charge in [-0.25, -0.2) is 0 Å². The lowest BCUT2D eigenvalue weighted by molar-refractivity contribution is -0.0202. The van der Waals surface area contributed by atoms with E-state index in [2.05, 4.69) is 22.3 Å². The highest BCUT2D eigenvalue weighted by molar-refractivity contribution is 5.15. The Morgan fingerprint density at radius 1 is 1.10 bits per heavy atom. The fraction of sp³-hybridized carbons (Fsp3) is 0.667. The van der Waals surface area contributed by atoms with Crippen molar-refractivity contribution in [1.29, 1.82) is 0 Å². The van der Waals surface area contributed by atoms with Gasteiger partial charge in [-0.15, -0.1) is 0 Å². The van der Waals surface area contributed by atoms with Gasteiger partial charge in [0.05, 0.1) is 0 Å². The van der Waals surface area contributed by atoms with E-state index >= 15 is 0 Å². The summed E-state index contributed by atoms with van der Waals surface area (Å²) in [6.07, 6.45) is 6.93. The van der Waals surface area contributed by atoms with E-state index in [4.69, 9.17) is 0 Å². The quantitative estimate of drug-likeness (QED) is 0.893. The van der Waals surface area contributed by atoms with Gasteiger partial charge >= 0.3 is 0 Å². The monoisotopic (exact) mass is 288 g/mol. The molecule has 3 rings (SSSR count). The minimum absolute atomic E-state index is 0.326. The molecule has 2 saturated heterocycles. The van der Waals surface area contributed by atoms with Crippen molar-refractivity contribution < 1.29 is 5.11 Å². The number of likely N-dealkylation sites (tertiary alicyclic amines) is 1. The summed E-state index contributed by atoms with van der Waals surface area (Å²) < 4.78 is 0. The first-order valence-corrected chi connectivity index (χ1v) is 8.52. The van der Waals surface area contributed by atoms with Gasteiger partial charge < -0.3 is 10.4 Å². The van der Waals surface area contributed by atoms with E-state index in [0.29, 0.717) is 0 Å². The summed E-state index contributed by atoms with van der Waals surface area (Å²) in [5.41, 5.74) is 1.22. The SMILES string of the molecule is OC(Cc1ccccc1)N1CCC(C2CCCCN2)CC1. The molecule has 0 aromatic heterocycles. The van der Waals surface area contributed by atoms with E-state index < -0.39 is 0 Å². The summed E-state index contributed by atoms with van der Waals surface area (Å²) in [7, 11) is 0. The van der Waals surface area contributed by atoms with E-state index in [1.165, 1.54) is 44.2 Å². The van der Waals surface area contributed by atoms with Crippen LogP contribution in [0.4, 0.5) is 0 Å². The van der Waals surface area contributed by atoms with Crippen molar-refractivity contribution >= 4 is 0 Å². The average Bonchev–Trinajstić information content (AvgIpc) is 2.57. The Hall–Kier alpha value is -0.900. The third-order valence-corrected chi connectivity index (χ3v) is 5.17. The molecule has 0 saturated carbocycles. The van der Waals surface area contributed by atoms with Crippen molar-refractivity contribution in [3.8, 4) is 0 Å². The molecule has 3 nitrogen and oxygen atoms in total. The standard InChI is InChI=1S/C18H28N2O/c21-18(14-15-6-2-1-3-7-15)20-12-9-16(10-13-20)17-8-4-5-11-19-17/h1-3,6-7,16-19,21H,4-5,8-14H2. The predicted molar refractivity (Wildman–Crippen MR) is 86.1 cm³/mol. The van der Waals surface area contributed by atoms with Crippen LogP contribution in [-0.4, -0.2) is 41.9 Å². The minimum atomic E-state index is -0.326. The van der Waals surface area contributed by atoms with E-state index in [1.54, 1.807) is 0 Å². The molecular weight excluding hydrogens is 260 g/mol. The zero-order chi connectivity index (χ0) is 14.5. The molecule has 2 unspecified atom stereocenters. The lowest BCUT2D eigenvalue weighted by Crippen LogP contribution is -2.48. The second-order valence-corrected chi connectivity index (χ2v) is 6.60. The number of nitrogens with zero attached hydrogens (tertiary/aromatic N) is 1. The van der Waals surface area contributed by atoms with Gasteiger partial charge in [-0.2, -0.15) is 0 Å². The summed E-state index contributed by atoms with van der Waals surface area (Å²) in [5, 5.41) is 14.1. The molecule has 2 atom stereocenters. The number of hydrogen-bond acceptors (Lipinski definition) is 3. The minimum Gasteiger partial charge on any atom is -0.378 e. The fourth-order valence-corrected chi connectivity index (χ4v) is 3.85. The molecule has 1 aromatic rings. The highest BCUT2D eigenvalue weighted by Crippen LogP contribution is 2.26. The van der Waals surface area contributed by atoms with Crippen LogP contribution in [0, 0.1) is 5.92 Å². The maximum atomic E-state index is 10.4. The number of benzene rings is 1. The molecule has 2 aliphatic heterocycles. The van der Waals surface area contributed by atoms with Gasteiger partial charge in [0.25, 0.3) is 0 Å². The van der Waals surface area contributed by atoms with Crippen LogP contribution in [0.1, 0.15) is 37.7 Å². The average molecular weight is 288 g/mol. The normalized spacial score (nSPS) is 26.6. The largest absolute Gasteiger partial charge is 0.378 e. The molecule has 0 amide bonds. The summed E-state index contributed by atoms with van der Waals surface area (Å²) in [4.78, 5) is 2.26. The molecule has 0 bridgehead atoms. The Kier molecular flexibility index (Phi) is 5.28. The van der Waals surface area contributed by atoms with Crippen LogP contribution in [-0.2, 0) is 6.42 Å². The highest BCUT2D eigenvalue weighted by atomic mass is 16.3. The van der Waals surface area contributed by atoms with E-state index in [-0.39, 0.29) is 6.23 Å². The van der Waals surface area contributed by atoms with Crippen LogP contribution < -0.4 is 5.32 Å². The lowest BCUT2D eigenvalue weighted by Gasteiger charge is -2.39. The third-order valence-electron chi connectivity index (χ3n) is 5.17. The summed E-state index contributed by atoms with van der Waals surface area (Å²) in [5.74, 6) is 0.811. The van der Waals surface area contributed by atoms with Crippen LogP contribution in [0.25, 0.3) is 0 Å². The molecule has 0 radical (unpaired) electrons. The molecule has 2 N–H and O–H groups in total. The number of hydrogen-bond donors (Lipinski definition) is 2. The van der Waals surface area contributed by atoms with Crippen LogP contribution in [0.5, 0.6) is 0 Å². The second-order valence-electron chi connectivity index (χ2n) is 6.60. The Morgan fingerprint density at radius 2 is 1.86 bits per heavy atom. The number of aliphatic hydroxyl groups excluding tert-OH is 1. The smallest absolute Gasteiger partial charge is 0.111 e. The maximum Gasteiger partial charge on any atom is 0.111 e. The van der Waals surface area contributed by atoms with E-state index in [9.17, 15) is 5.11 Å². The first kappa shape index (κ1) is 15.0. The Labute approximate surface area is 128 Å². The third kappa shape index (κ3) is 4.06. The molecule has 2 aliphatic rings. The highest BCUT2D eigenvalue weighted by Gasteiger charge is 2.29. The Bertz CT molecular complexity index is 408. The fourth-order valence-electron chi connectivity index (χ4n) is 3.85. The van der Waals surface area contributed by atoms with Crippen LogP contribution in [0.15, 0.2) is 30.3 Å². The van der Waals surface area contributed by atoms with Gasteiger partial charge in [-0.05, 0) is 43.7 Å². The van der Waals surface area contributed by atoms with Gasteiger partial charge in [-0.1, -0.05) is 36.8 Å². The lowest BCUT2D eigenvalue weighted by atomic mass is 9.85. The number of nitrogens with one attached hydrogen (secondary N) is 1. The number of aliphatic hydroxyl groups is 1. The topological polar surface area (TPSA) is 35.5 Å². The van der Waals surface area contributed by atoms with Gasteiger partial charge in [0.2, 0.25) is 0 Å². The number of rotatable bonds is 4. The molecule has 21 heavy (non-hydrogen) atoms. The Morgan fingerprint density at radius 3 is 2.52 bits per heavy atom. The van der Waals surface area contributed by atoms with E-state index in [1.807, 2.05) is 18.2 Å². The molecule has 0 spiro atoms. The van der Waals surface area contributed by atoms with Gasteiger partial charge in [0.1, 0.15) is 6.23 Å². The van der Waals surface area contributed by atoms with Gasteiger partial charge in [0, 0.05) is 25.6 Å². The van der Waals surface area contributed by atoms with Crippen molar-refractivity contribution in [2.75, 3.05) is 19.6 Å². The predicted octanol–water partition coefficient (Wildman–Crippen LogP) is 2.40. The van der Waals surface area contributed by atoms with Crippen molar-refractivity contribution in [3.63, 3.8) is 0 Å². The van der Waals surface area contributed by atoms with Crippen molar-refractivity contribution in [2.45, 2.75) is 50.8 Å². The first-order chi connectivity index (χ1) is 10.3. The molecular formula is C18H28N2O. The molecule has 0 aliphatic carbocycles. The molecule has 116 valence electrons. The molecule has 2 heterocycles. The van der Waals surface area contributed by atoms with E-state index in [0.717, 1.165) is 31.5 Å². The first-order valence-electron chi connectivity index (χ1n) is 8.52. The van der Waals surface area contributed by atoms with Crippen molar-refractivity contribution in [2.24, 2.45) is 5.92 Å². The summed E-state index contributed by atoms with van der Waals surface area (Å²) in [6.45, 7) is 3.27. The van der Waals surface area contributed by atoms with Gasteiger partial charge in [0.15, 0.2) is 0 Å². The zero-order valence-corrected chi connectivity index (χ0v) is 12.9. The van der Waals surface area contributed by atoms with Crippen LogP contribution in [0.2, 0.25) is 0 Å². The van der Waals surface area contributed by atoms with Crippen LogP contribution in [0.3, 0.4) is 0 Å². The molecule has 3 heteroatoms. The number of piperidine rings is 2. The summed E-state index contributed by atoms with van der Waals surface area (Å²) >= 11 is 0. The summed E-state index contributed by atoms with van der Waals surface area (Å²) in [6, 6.07) is 11.0. The maximum absolute atomic E-state index is 10.4. The van der Waals surface area contributed by atoms with Crippen molar-refractivity contribution in [3.05, 3.63) is 35.9 Å². The van der Waals surface area contributed by atoms with Gasteiger partial charge in [-0.3, -0.25) is 4.90 Å². The second kappa shape index (κ2) is 7.39. The molecule has 2 fully saturated rings. The zero-order valence-electron chi connectivity index (χ0n) is 12.9. The molecule has 1 aromatic carbocycles. The van der Waals surface area contributed by atoms with Crippen LogP contribution >= 0.6 is 0 Å². The van der Waals surface area contributed by atoms with Crippen molar-refractivity contribution in [1.82, 2.24) is 10.2 Å².